The fourth-order valence-electron chi connectivity index (χ4n) is 2.60. The highest BCUT2D eigenvalue weighted by molar-refractivity contribution is 7.89. The molecule has 1 aliphatic carbocycles. The van der Waals surface area contributed by atoms with Gasteiger partial charge in [0.15, 0.2) is 5.69 Å². The molecule has 4 N–H and O–H groups in total. The van der Waals surface area contributed by atoms with Crippen LogP contribution < -0.4 is 10.5 Å². The van der Waals surface area contributed by atoms with Crippen LogP contribution in [0.15, 0.2) is 4.90 Å². The highest BCUT2D eigenvalue weighted by Crippen LogP contribution is 2.24. The van der Waals surface area contributed by atoms with Crippen molar-refractivity contribution in [1.29, 1.82) is 0 Å². The van der Waals surface area contributed by atoms with E-state index < -0.39 is 15.9 Å². The van der Waals surface area contributed by atoms with Gasteiger partial charge >= 0.3 is 0 Å². The number of nitrogens with two attached hydrogens (primary N) is 1. The minimum absolute atomic E-state index is 0.137. The van der Waals surface area contributed by atoms with Crippen molar-refractivity contribution < 1.29 is 13.2 Å². The molecule has 1 amide bonds. The Kier molecular flexibility index (Phi) is 4.44. The van der Waals surface area contributed by atoms with E-state index in [4.69, 9.17) is 5.14 Å². The van der Waals surface area contributed by atoms with Crippen molar-refractivity contribution in [2.75, 3.05) is 6.54 Å². The number of hydrogen-bond acceptors (Lipinski definition) is 4. The molecular formula is C12H20N4O3S. The number of aryl methyl sites for hydroxylation is 1. The van der Waals surface area contributed by atoms with Gasteiger partial charge in [0, 0.05) is 6.54 Å². The zero-order valence-corrected chi connectivity index (χ0v) is 12.3. The Morgan fingerprint density at radius 2 is 2.10 bits per heavy atom. The second kappa shape index (κ2) is 5.92. The van der Waals surface area contributed by atoms with E-state index in [1.165, 1.54) is 12.8 Å². The minimum atomic E-state index is -3.97. The van der Waals surface area contributed by atoms with Gasteiger partial charge in [-0.2, -0.15) is 5.10 Å². The topological polar surface area (TPSA) is 118 Å². The van der Waals surface area contributed by atoms with Crippen LogP contribution in [0.4, 0.5) is 0 Å². The van der Waals surface area contributed by atoms with E-state index in [0.29, 0.717) is 24.6 Å². The molecule has 0 atom stereocenters. The molecule has 1 aromatic rings. The molecule has 0 aromatic carbocycles. The summed E-state index contributed by atoms with van der Waals surface area (Å²) in [5.41, 5.74) is 0.223. The Morgan fingerprint density at radius 1 is 1.45 bits per heavy atom. The molecule has 7 nitrogen and oxygen atoms in total. The lowest BCUT2D eigenvalue weighted by molar-refractivity contribution is 0.0939. The zero-order chi connectivity index (χ0) is 14.8. The Labute approximate surface area is 118 Å². The first-order chi connectivity index (χ1) is 9.43. The standard InChI is InChI=1S/C12H20N4O3S/c1-2-9-11(20(13,18)19)10(16-15-9)12(17)14-7-8-5-3-4-6-8/h8H,2-7H2,1H3,(H,14,17)(H,15,16)(H2,13,18,19). The number of H-pyrrole nitrogens is 1. The highest BCUT2D eigenvalue weighted by atomic mass is 32.2. The number of primary sulfonamides is 1. The van der Waals surface area contributed by atoms with Gasteiger partial charge in [-0.15, -0.1) is 0 Å². The molecule has 2 rings (SSSR count). The number of amides is 1. The lowest BCUT2D eigenvalue weighted by Gasteiger charge is -2.10. The van der Waals surface area contributed by atoms with E-state index in [2.05, 4.69) is 15.5 Å². The van der Waals surface area contributed by atoms with Crippen molar-refractivity contribution in [3.05, 3.63) is 11.4 Å². The largest absolute Gasteiger partial charge is 0.350 e. The number of rotatable bonds is 5. The van der Waals surface area contributed by atoms with Gasteiger partial charge in [-0.3, -0.25) is 9.89 Å². The number of hydrogen-bond donors (Lipinski definition) is 3. The molecule has 20 heavy (non-hydrogen) atoms. The third-order valence-corrected chi connectivity index (χ3v) is 4.68. The van der Waals surface area contributed by atoms with Gasteiger partial charge in [0.25, 0.3) is 5.91 Å². The van der Waals surface area contributed by atoms with Gasteiger partial charge in [0.2, 0.25) is 10.0 Å². The van der Waals surface area contributed by atoms with Crippen molar-refractivity contribution in [3.8, 4) is 0 Å². The van der Waals surface area contributed by atoms with Crippen LogP contribution in [0.1, 0.15) is 48.8 Å². The van der Waals surface area contributed by atoms with Crippen LogP contribution in [0, 0.1) is 5.92 Å². The molecule has 1 fully saturated rings. The predicted molar refractivity (Wildman–Crippen MR) is 73.6 cm³/mol. The normalized spacial score (nSPS) is 16.5. The summed E-state index contributed by atoms with van der Waals surface area (Å²) >= 11 is 0. The van der Waals surface area contributed by atoms with E-state index >= 15 is 0 Å². The summed E-state index contributed by atoms with van der Waals surface area (Å²) in [4.78, 5) is 11.9. The quantitative estimate of drug-likeness (QED) is 0.735. The van der Waals surface area contributed by atoms with Crippen molar-refractivity contribution in [3.63, 3.8) is 0 Å². The Bertz CT molecular complexity index is 588. The summed E-state index contributed by atoms with van der Waals surface area (Å²) < 4.78 is 23.2. The van der Waals surface area contributed by atoms with Crippen molar-refractivity contribution >= 4 is 15.9 Å². The average molecular weight is 300 g/mol. The van der Waals surface area contributed by atoms with Crippen molar-refractivity contribution in [2.24, 2.45) is 11.1 Å². The molecular weight excluding hydrogens is 280 g/mol. The molecule has 0 saturated heterocycles. The van der Waals surface area contributed by atoms with Crippen LogP contribution in [0.3, 0.4) is 0 Å². The molecule has 0 radical (unpaired) electrons. The SMILES string of the molecule is CCc1[nH]nc(C(=O)NCC2CCCC2)c1S(N)(=O)=O. The maximum absolute atomic E-state index is 12.1. The molecule has 8 heteroatoms. The van der Waals surface area contributed by atoms with E-state index in [-0.39, 0.29) is 10.6 Å². The van der Waals surface area contributed by atoms with Crippen LogP contribution in [0.5, 0.6) is 0 Å². The first kappa shape index (κ1) is 15.0. The predicted octanol–water partition coefficient (Wildman–Crippen LogP) is 0.539. The number of sulfonamides is 1. The summed E-state index contributed by atoms with van der Waals surface area (Å²) in [6, 6.07) is 0. The first-order valence-corrected chi connectivity index (χ1v) is 8.36. The zero-order valence-electron chi connectivity index (χ0n) is 11.5. The molecule has 1 aromatic heterocycles. The first-order valence-electron chi connectivity index (χ1n) is 6.81. The van der Waals surface area contributed by atoms with Crippen LogP contribution in [-0.4, -0.2) is 31.1 Å². The van der Waals surface area contributed by atoms with E-state index in [0.717, 1.165) is 12.8 Å². The lowest BCUT2D eigenvalue weighted by Crippen LogP contribution is -2.30. The number of carbonyl (C=O) groups excluding carboxylic acids is 1. The number of nitrogens with one attached hydrogen (secondary N) is 2. The number of carbonyl (C=O) groups is 1. The lowest BCUT2D eigenvalue weighted by atomic mass is 10.1. The van der Waals surface area contributed by atoms with Crippen LogP contribution >= 0.6 is 0 Å². The summed E-state index contributed by atoms with van der Waals surface area (Å²) in [6.07, 6.45) is 4.98. The third-order valence-electron chi connectivity index (χ3n) is 3.67. The molecule has 0 bridgehead atoms. The molecule has 0 spiro atoms. The van der Waals surface area contributed by atoms with Gasteiger partial charge in [-0.1, -0.05) is 19.8 Å². The van der Waals surface area contributed by atoms with Crippen LogP contribution in [0.2, 0.25) is 0 Å². The average Bonchev–Trinajstić information content (AvgIpc) is 3.03. The van der Waals surface area contributed by atoms with E-state index in [1.54, 1.807) is 6.92 Å². The van der Waals surface area contributed by atoms with E-state index in [9.17, 15) is 13.2 Å². The molecule has 112 valence electrons. The van der Waals surface area contributed by atoms with Gasteiger partial charge in [-0.25, -0.2) is 13.6 Å². The third kappa shape index (κ3) is 3.18. The minimum Gasteiger partial charge on any atom is -0.350 e. The van der Waals surface area contributed by atoms with Gasteiger partial charge in [0.1, 0.15) is 4.90 Å². The fourth-order valence-corrected chi connectivity index (χ4v) is 3.54. The van der Waals surface area contributed by atoms with Crippen molar-refractivity contribution in [1.82, 2.24) is 15.5 Å². The monoisotopic (exact) mass is 300 g/mol. The maximum atomic E-state index is 12.1. The summed E-state index contributed by atoms with van der Waals surface area (Å²) in [5, 5.41) is 14.3. The fraction of sp³-hybridized carbons (Fsp3) is 0.667. The van der Waals surface area contributed by atoms with Gasteiger partial charge in [-0.05, 0) is 25.2 Å². The number of aromatic amines is 1. The van der Waals surface area contributed by atoms with Gasteiger partial charge < -0.3 is 5.32 Å². The summed E-state index contributed by atoms with van der Waals surface area (Å²) in [5.74, 6) is -0.0154. The van der Waals surface area contributed by atoms with E-state index in [1.807, 2.05) is 0 Å². The Hall–Kier alpha value is -1.41. The number of aromatic nitrogens is 2. The molecule has 0 unspecified atom stereocenters. The molecule has 1 heterocycles. The summed E-state index contributed by atoms with van der Waals surface area (Å²) in [6.45, 7) is 2.32. The van der Waals surface area contributed by atoms with Crippen LogP contribution in [-0.2, 0) is 16.4 Å². The number of nitrogens with zero attached hydrogens (tertiary/aromatic N) is 1. The molecule has 1 aliphatic rings. The Balaban J connectivity index is 2.15. The smallest absolute Gasteiger partial charge is 0.273 e. The summed E-state index contributed by atoms with van der Waals surface area (Å²) in [7, 11) is -3.97. The molecule has 0 aliphatic heterocycles. The van der Waals surface area contributed by atoms with Gasteiger partial charge in [0.05, 0.1) is 5.69 Å². The second-order valence-electron chi connectivity index (χ2n) is 5.14. The maximum Gasteiger partial charge on any atom is 0.273 e. The van der Waals surface area contributed by atoms with Crippen molar-refractivity contribution in [2.45, 2.75) is 43.9 Å². The molecule has 1 saturated carbocycles. The second-order valence-corrected chi connectivity index (χ2v) is 6.64. The Morgan fingerprint density at radius 3 is 2.65 bits per heavy atom. The highest BCUT2D eigenvalue weighted by Gasteiger charge is 2.27. The van der Waals surface area contributed by atoms with Crippen LogP contribution in [0.25, 0.3) is 0 Å².